The number of rotatable bonds is 10. The number of phenols is 1. The fourth-order valence-electron chi connectivity index (χ4n) is 5.28. The molecule has 0 aromatic heterocycles. The van der Waals surface area contributed by atoms with Gasteiger partial charge in [0.05, 0.1) is 30.4 Å². The molecule has 0 radical (unpaired) electrons. The Labute approximate surface area is 279 Å². The van der Waals surface area contributed by atoms with Gasteiger partial charge >= 0.3 is 0 Å². The molecule has 0 fully saturated rings. The zero-order valence-electron chi connectivity index (χ0n) is 25.9. The Morgan fingerprint density at radius 2 is 0.878 bits per heavy atom. The zero-order chi connectivity index (χ0) is 34.7. The standard InChI is InChI=1S/C38H26F5O5P/c1-45-25-17-10-18-26(46-2)37(25)49(29-21-9-16-24(36(29)44)30-31(39)33(41)35(43)34(42)32(30)40)38-27(47-22-12-5-3-6-13-22)19-11-20-28(38)48-23-14-7-4-8-15-23/h3-21,44H,1-2H3. The average molecular weight is 689 g/mol. The van der Waals surface area contributed by atoms with E-state index in [1.54, 1.807) is 84.9 Å². The normalized spacial score (nSPS) is 11.6. The Morgan fingerprint density at radius 1 is 0.469 bits per heavy atom. The van der Waals surface area contributed by atoms with Gasteiger partial charge in [0.25, 0.3) is 0 Å². The number of aromatic hydroxyl groups is 1. The van der Waals surface area contributed by atoms with Crippen molar-refractivity contribution in [2.45, 2.75) is 0 Å². The Morgan fingerprint density at radius 3 is 1.35 bits per heavy atom. The van der Waals surface area contributed by atoms with Gasteiger partial charge in [0.1, 0.15) is 40.2 Å². The van der Waals surface area contributed by atoms with E-state index in [0.717, 1.165) is 6.07 Å². The van der Waals surface area contributed by atoms with Crippen LogP contribution in [0.3, 0.4) is 0 Å². The van der Waals surface area contributed by atoms with Crippen LogP contribution in [0.15, 0.2) is 115 Å². The highest BCUT2D eigenvalue weighted by Crippen LogP contribution is 2.50. The van der Waals surface area contributed by atoms with Crippen molar-refractivity contribution in [3.63, 3.8) is 0 Å². The lowest BCUT2D eigenvalue weighted by Gasteiger charge is -2.28. The van der Waals surface area contributed by atoms with Gasteiger partial charge in [-0.15, -0.1) is 0 Å². The molecule has 11 heteroatoms. The largest absolute Gasteiger partial charge is 0.507 e. The Balaban J connectivity index is 1.71. The number of hydrogen-bond acceptors (Lipinski definition) is 5. The van der Waals surface area contributed by atoms with Crippen LogP contribution in [-0.4, -0.2) is 19.3 Å². The van der Waals surface area contributed by atoms with Gasteiger partial charge in [0.15, 0.2) is 23.3 Å². The topological polar surface area (TPSA) is 57.2 Å². The minimum atomic E-state index is -2.31. The summed E-state index contributed by atoms with van der Waals surface area (Å²) < 4.78 is 97.6. The van der Waals surface area contributed by atoms with E-state index >= 15 is 8.78 Å². The third-order valence-electron chi connectivity index (χ3n) is 7.49. The fraction of sp³-hybridized carbons (Fsp3) is 0.0526. The Bertz CT molecular complexity index is 2020. The first-order valence-electron chi connectivity index (χ1n) is 14.7. The van der Waals surface area contributed by atoms with Crippen LogP contribution in [0.5, 0.6) is 40.2 Å². The molecule has 1 unspecified atom stereocenters. The van der Waals surface area contributed by atoms with Gasteiger partial charge in [0, 0.05) is 18.8 Å². The molecule has 0 saturated carbocycles. The monoisotopic (exact) mass is 688 g/mol. The quantitative estimate of drug-likeness (QED) is 0.0674. The van der Waals surface area contributed by atoms with Crippen molar-refractivity contribution in [2.24, 2.45) is 0 Å². The molecule has 49 heavy (non-hydrogen) atoms. The third kappa shape index (κ3) is 6.35. The van der Waals surface area contributed by atoms with E-state index in [1.807, 2.05) is 12.1 Å². The number of ether oxygens (including phenoxy) is 4. The summed E-state index contributed by atoms with van der Waals surface area (Å²) >= 11 is 0. The van der Waals surface area contributed by atoms with Crippen LogP contribution < -0.4 is 34.9 Å². The molecule has 0 aliphatic heterocycles. The summed E-state index contributed by atoms with van der Waals surface area (Å²) in [5.74, 6) is -9.44. The van der Waals surface area contributed by atoms with Crippen LogP contribution in [-0.2, 0) is 0 Å². The smallest absolute Gasteiger partial charge is 0.200 e. The summed E-state index contributed by atoms with van der Waals surface area (Å²) in [5, 5.41) is 12.7. The second-order valence-corrected chi connectivity index (χ2v) is 12.4. The molecule has 6 rings (SSSR count). The lowest BCUT2D eigenvalue weighted by atomic mass is 10.0. The highest BCUT2D eigenvalue weighted by molar-refractivity contribution is 7.80. The second kappa shape index (κ2) is 14.3. The van der Waals surface area contributed by atoms with Gasteiger partial charge in [-0.1, -0.05) is 66.7 Å². The molecule has 6 aromatic carbocycles. The van der Waals surface area contributed by atoms with Crippen LogP contribution >= 0.6 is 7.92 Å². The lowest BCUT2D eigenvalue weighted by molar-refractivity contribution is 0.380. The highest BCUT2D eigenvalue weighted by atomic mass is 31.1. The zero-order valence-corrected chi connectivity index (χ0v) is 26.8. The van der Waals surface area contributed by atoms with Crippen molar-refractivity contribution in [3.05, 3.63) is 144 Å². The number of para-hydroxylation sites is 3. The van der Waals surface area contributed by atoms with Crippen molar-refractivity contribution in [3.8, 4) is 51.4 Å². The summed E-state index contributed by atoms with van der Waals surface area (Å²) in [7, 11) is 0.712. The van der Waals surface area contributed by atoms with Crippen LogP contribution in [0.25, 0.3) is 11.1 Å². The van der Waals surface area contributed by atoms with Gasteiger partial charge in [-0.2, -0.15) is 0 Å². The molecule has 0 spiro atoms. The molecular formula is C38H26F5O5P. The molecule has 0 aliphatic carbocycles. The molecular weight excluding hydrogens is 662 g/mol. The van der Waals surface area contributed by atoms with Crippen LogP contribution in [0.4, 0.5) is 22.0 Å². The number of hydrogen-bond donors (Lipinski definition) is 1. The number of halogens is 5. The minimum absolute atomic E-state index is 0.0428. The average Bonchev–Trinajstić information content (AvgIpc) is 3.13. The Kier molecular flexibility index (Phi) is 9.69. The number of benzene rings is 6. The lowest BCUT2D eigenvalue weighted by Crippen LogP contribution is -2.26. The van der Waals surface area contributed by atoms with Crippen molar-refractivity contribution in [1.29, 1.82) is 0 Å². The van der Waals surface area contributed by atoms with Crippen molar-refractivity contribution in [1.82, 2.24) is 0 Å². The van der Waals surface area contributed by atoms with E-state index in [-0.39, 0.29) is 16.8 Å². The maximum Gasteiger partial charge on any atom is 0.200 e. The molecule has 0 amide bonds. The molecule has 248 valence electrons. The maximum atomic E-state index is 15.2. The van der Waals surface area contributed by atoms with Gasteiger partial charge in [-0.05, 0) is 48.5 Å². The second-order valence-electron chi connectivity index (χ2n) is 10.4. The molecule has 5 nitrogen and oxygen atoms in total. The van der Waals surface area contributed by atoms with Gasteiger partial charge in [-0.3, -0.25) is 0 Å². The van der Waals surface area contributed by atoms with E-state index in [1.165, 1.54) is 26.4 Å². The first-order chi connectivity index (χ1) is 23.7. The molecule has 0 bridgehead atoms. The van der Waals surface area contributed by atoms with Crippen molar-refractivity contribution < 1.29 is 46.0 Å². The van der Waals surface area contributed by atoms with Crippen LogP contribution in [0.1, 0.15) is 0 Å². The van der Waals surface area contributed by atoms with Gasteiger partial charge < -0.3 is 24.1 Å². The van der Waals surface area contributed by atoms with E-state index in [0.29, 0.717) is 33.6 Å². The molecule has 0 saturated heterocycles. The van der Waals surface area contributed by atoms with Gasteiger partial charge in [-0.25, -0.2) is 22.0 Å². The Hall–Kier alpha value is -5.60. The molecule has 1 atom stereocenters. The summed E-state index contributed by atoms with van der Waals surface area (Å²) in [4.78, 5) is 0. The van der Waals surface area contributed by atoms with Crippen LogP contribution in [0, 0.1) is 29.1 Å². The first kappa shape index (κ1) is 33.3. The van der Waals surface area contributed by atoms with Crippen molar-refractivity contribution >= 4 is 23.8 Å². The first-order valence-corrected chi connectivity index (χ1v) is 16.0. The molecule has 1 N–H and O–H groups in total. The van der Waals surface area contributed by atoms with E-state index in [2.05, 4.69) is 0 Å². The maximum absolute atomic E-state index is 15.2. The number of methoxy groups -OCH3 is 2. The summed E-state index contributed by atoms with van der Waals surface area (Å²) in [6.07, 6.45) is 0. The van der Waals surface area contributed by atoms with Crippen LogP contribution in [0.2, 0.25) is 0 Å². The SMILES string of the molecule is COc1cccc(OC)c1P(c1cccc(-c2c(F)c(F)c(F)c(F)c2F)c1O)c1c(Oc2ccccc2)cccc1Oc1ccccc1. The number of phenolic OH excluding ortho intramolecular Hbond substituents is 1. The summed E-state index contributed by atoms with van der Waals surface area (Å²) in [5.41, 5.74) is -1.91. The molecule has 0 heterocycles. The minimum Gasteiger partial charge on any atom is -0.507 e. The van der Waals surface area contributed by atoms with Crippen molar-refractivity contribution in [2.75, 3.05) is 14.2 Å². The molecule has 6 aromatic rings. The summed E-state index contributed by atoms with van der Waals surface area (Å²) in [6.45, 7) is 0. The highest BCUT2D eigenvalue weighted by Gasteiger charge is 2.35. The third-order valence-corrected chi connectivity index (χ3v) is 10.1. The predicted molar refractivity (Wildman–Crippen MR) is 178 cm³/mol. The van der Waals surface area contributed by atoms with E-state index < -0.39 is 53.9 Å². The predicted octanol–water partition coefficient (Wildman–Crippen LogP) is 9.11. The van der Waals surface area contributed by atoms with E-state index in [9.17, 15) is 18.3 Å². The summed E-state index contributed by atoms with van der Waals surface area (Å²) in [6, 6.07) is 31.7. The van der Waals surface area contributed by atoms with Gasteiger partial charge in [0.2, 0.25) is 5.82 Å². The fourth-order valence-corrected chi connectivity index (χ4v) is 8.00. The van der Waals surface area contributed by atoms with E-state index in [4.69, 9.17) is 18.9 Å². The molecule has 0 aliphatic rings.